The fourth-order valence-corrected chi connectivity index (χ4v) is 2.53. The largest absolute Gasteiger partial charge is 0.359 e. The standard InChI is InChI=1S/C16H22NO4/c1-20-12-21-14-7-9-17(10-8-14)16(19)15(18)11-13-5-3-2-4-6-13/h2-6,14-15H,7-12H2,1H3/t15-/m0/s1. The number of hydrogen-bond donors (Lipinski definition) is 0. The number of amides is 1. The minimum atomic E-state index is -1.22. The molecule has 0 saturated carbocycles. The molecular weight excluding hydrogens is 270 g/mol. The molecule has 0 aromatic heterocycles. The molecule has 21 heavy (non-hydrogen) atoms. The number of likely N-dealkylation sites (tertiary alicyclic amines) is 1. The number of hydrogen-bond acceptors (Lipinski definition) is 3. The van der Waals surface area contributed by atoms with Crippen LogP contribution < -0.4 is 0 Å². The summed E-state index contributed by atoms with van der Waals surface area (Å²) in [7, 11) is 1.59. The lowest BCUT2D eigenvalue weighted by atomic mass is 10.0. The first-order valence-corrected chi connectivity index (χ1v) is 7.29. The molecule has 1 aromatic carbocycles. The summed E-state index contributed by atoms with van der Waals surface area (Å²) in [5.41, 5.74) is 0.907. The molecule has 1 atom stereocenters. The maximum atomic E-state index is 12.2. The second-order valence-corrected chi connectivity index (χ2v) is 5.28. The second kappa shape index (κ2) is 8.12. The zero-order chi connectivity index (χ0) is 15.1. The fourth-order valence-electron chi connectivity index (χ4n) is 2.53. The van der Waals surface area contributed by atoms with Crippen LogP contribution in [0.4, 0.5) is 0 Å². The molecular formula is C16H22NO4. The van der Waals surface area contributed by atoms with Gasteiger partial charge in [0, 0.05) is 26.6 Å². The lowest BCUT2D eigenvalue weighted by molar-refractivity contribution is -0.148. The van der Waals surface area contributed by atoms with Gasteiger partial charge in [-0.15, -0.1) is 0 Å². The van der Waals surface area contributed by atoms with Crippen LogP contribution in [-0.2, 0) is 25.8 Å². The van der Waals surface area contributed by atoms with E-state index in [2.05, 4.69) is 0 Å². The van der Waals surface area contributed by atoms with E-state index in [1.165, 1.54) is 0 Å². The van der Waals surface area contributed by atoms with E-state index in [1.54, 1.807) is 12.0 Å². The van der Waals surface area contributed by atoms with Crippen LogP contribution in [0.5, 0.6) is 0 Å². The Bertz CT molecular complexity index is 429. The molecule has 5 nitrogen and oxygen atoms in total. The maximum absolute atomic E-state index is 12.2. The average molecular weight is 292 g/mol. The Hall–Kier alpha value is -1.43. The SMILES string of the molecule is COCOC1CCN(C(=O)[C@@H]([O])Cc2ccccc2)CC1. The van der Waals surface area contributed by atoms with Crippen LogP contribution in [0.2, 0.25) is 0 Å². The molecule has 1 heterocycles. The molecule has 1 aromatic rings. The number of carbonyl (C=O) groups is 1. The van der Waals surface area contributed by atoms with Crippen LogP contribution >= 0.6 is 0 Å². The average Bonchev–Trinajstić information content (AvgIpc) is 2.53. The minimum absolute atomic E-state index is 0.119. The van der Waals surface area contributed by atoms with Crippen molar-refractivity contribution in [2.45, 2.75) is 31.5 Å². The monoisotopic (exact) mass is 292 g/mol. The number of piperidine rings is 1. The molecule has 1 amide bonds. The molecule has 1 fully saturated rings. The number of carbonyl (C=O) groups excluding carboxylic acids is 1. The summed E-state index contributed by atoms with van der Waals surface area (Å²) in [6, 6.07) is 9.41. The lowest BCUT2D eigenvalue weighted by Gasteiger charge is -2.32. The first-order valence-electron chi connectivity index (χ1n) is 7.29. The molecule has 115 valence electrons. The summed E-state index contributed by atoms with van der Waals surface area (Å²) >= 11 is 0. The highest BCUT2D eigenvalue weighted by Gasteiger charge is 2.28. The van der Waals surface area contributed by atoms with Gasteiger partial charge >= 0.3 is 0 Å². The van der Waals surface area contributed by atoms with Crippen molar-refractivity contribution in [1.29, 1.82) is 0 Å². The van der Waals surface area contributed by atoms with Crippen LogP contribution in [0, 0.1) is 0 Å². The van der Waals surface area contributed by atoms with Crippen molar-refractivity contribution < 1.29 is 19.4 Å². The van der Waals surface area contributed by atoms with Crippen molar-refractivity contribution in [3.05, 3.63) is 35.9 Å². The Morgan fingerprint density at radius 1 is 1.29 bits per heavy atom. The number of nitrogens with zero attached hydrogens (tertiary/aromatic N) is 1. The number of benzene rings is 1. The zero-order valence-electron chi connectivity index (χ0n) is 12.4. The summed E-state index contributed by atoms with van der Waals surface area (Å²) in [6.45, 7) is 1.44. The van der Waals surface area contributed by atoms with Gasteiger partial charge in [0.2, 0.25) is 0 Å². The summed E-state index contributed by atoms with van der Waals surface area (Å²) in [4.78, 5) is 13.8. The van der Waals surface area contributed by atoms with Crippen LogP contribution in [0.25, 0.3) is 0 Å². The van der Waals surface area contributed by atoms with Gasteiger partial charge in [-0.3, -0.25) is 4.79 Å². The van der Waals surface area contributed by atoms with Crippen molar-refractivity contribution in [3.8, 4) is 0 Å². The van der Waals surface area contributed by atoms with E-state index in [-0.39, 0.29) is 25.2 Å². The summed E-state index contributed by atoms with van der Waals surface area (Å²) in [5, 5.41) is 12.1. The van der Waals surface area contributed by atoms with E-state index < -0.39 is 6.10 Å². The van der Waals surface area contributed by atoms with Gasteiger partial charge in [-0.1, -0.05) is 30.3 Å². The Kier molecular flexibility index (Phi) is 6.17. The fraction of sp³-hybridized carbons (Fsp3) is 0.562. The van der Waals surface area contributed by atoms with Gasteiger partial charge in [0.15, 0.2) is 6.10 Å². The third kappa shape index (κ3) is 4.81. The van der Waals surface area contributed by atoms with Crippen LogP contribution in [0.15, 0.2) is 30.3 Å². The minimum Gasteiger partial charge on any atom is -0.359 e. The van der Waals surface area contributed by atoms with Crippen LogP contribution in [0.1, 0.15) is 18.4 Å². The van der Waals surface area contributed by atoms with E-state index in [9.17, 15) is 9.90 Å². The smallest absolute Gasteiger partial charge is 0.255 e. The van der Waals surface area contributed by atoms with E-state index in [0.29, 0.717) is 13.1 Å². The predicted molar refractivity (Wildman–Crippen MR) is 77.2 cm³/mol. The molecule has 1 radical (unpaired) electrons. The lowest BCUT2D eigenvalue weighted by Crippen LogP contribution is -2.45. The van der Waals surface area contributed by atoms with E-state index in [1.807, 2.05) is 30.3 Å². The Balaban J connectivity index is 1.78. The van der Waals surface area contributed by atoms with Gasteiger partial charge in [0.1, 0.15) is 6.79 Å². The van der Waals surface area contributed by atoms with Crippen LogP contribution in [-0.4, -0.2) is 50.0 Å². The van der Waals surface area contributed by atoms with Gasteiger partial charge in [0.05, 0.1) is 6.10 Å². The van der Waals surface area contributed by atoms with Gasteiger partial charge in [-0.2, -0.15) is 0 Å². The molecule has 1 aliphatic heterocycles. The second-order valence-electron chi connectivity index (χ2n) is 5.28. The van der Waals surface area contributed by atoms with Gasteiger partial charge < -0.3 is 14.4 Å². The quantitative estimate of drug-likeness (QED) is 0.749. The normalized spacial score (nSPS) is 17.7. The van der Waals surface area contributed by atoms with E-state index >= 15 is 0 Å². The molecule has 1 saturated heterocycles. The highest BCUT2D eigenvalue weighted by molar-refractivity contribution is 5.81. The van der Waals surface area contributed by atoms with Gasteiger partial charge in [-0.25, -0.2) is 5.11 Å². The number of methoxy groups -OCH3 is 1. The van der Waals surface area contributed by atoms with Crippen molar-refractivity contribution in [2.75, 3.05) is 27.0 Å². The molecule has 1 aliphatic rings. The topological polar surface area (TPSA) is 58.7 Å². The Morgan fingerprint density at radius 2 is 1.95 bits per heavy atom. The van der Waals surface area contributed by atoms with Crippen molar-refractivity contribution >= 4 is 5.91 Å². The molecule has 0 bridgehead atoms. The molecule has 0 spiro atoms. The first kappa shape index (κ1) is 15.9. The zero-order valence-corrected chi connectivity index (χ0v) is 12.4. The third-order valence-electron chi connectivity index (χ3n) is 3.71. The molecule has 0 N–H and O–H groups in total. The first-order chi connectivity index (χ1) is 10.2. The molecule has 0 aliphatic carbocycles. The van der Waals surface area contributed by atoms with Gasteiger partial charge in [-0.05, 0) is 18.4 Å². The van der Waals surface area contributed by atoms with Crippen molar-refractivity contribution in [2.24, 2.45) is 0 Å². The Morgan fingerprint density at radius 3 is 2.57 bits per heavy atom. The predicted octanol–water partition coefficient (Wildman–Crippen LogP) is 1.64. The molecule has 2 rings (SSSR count). The number of rotatable bonds is 6. The summed E-state index contributed by atoms with van der Waals surface area (Å²) < 4.78 is 10.3. The third-order valence-corrected chi connectivity index (χ3v) is 3.71. The highest BCUT2D eigenvalue weighted by atomic mass is 16.7. The van der Waals surface area contributed by atoms with Crippen molar-refractivity contribution in [3.63, 3.8) is 0 Å². The molecule has 5 heteroatoms. The summed E-state index contributed by atoms with van der Waals surface area (Å²) in [5.74, 6) is -0.302. The van der Waals surface area contributed by atoms with E-state index in [0.717, 1.165) is 18.4 Å². The van der Waals surface area contributed by atoms with Crippen molar-refractivity contribution in [1.82, 2.24) is 4.90 Å². The summed E-state index contributed by atoms with van der Waals surface area (Å²) in [6.07, 6.45) is 0.664. The Labute approximate surface area is 125 Å². The number of ether oxygens (including phenoxy) is 2. The van der Waals surface area contributed by atoms with Gasteiger partial charge in [0.25, 0.3) is 5.91 Å². The van der Waals surface area contributed by atoms with Crippen LogP contribution in [0.3, 0.4) is 0 Å². The maximum Gasteiger partial charge on any atom is 0.255 e. The van der Waals surface area contributed by atoms with E-state index in [4.69, 9.17) is 9.47 Å². The highest BCUT2D eigenvalue weighted by Crippen LogP contribution is 2.16. The molecule has 0 unspecified atom stereocenters.